The molecule has 1 aromatic heterocycles. The molecule has 2 rings (SSSR count). The van der Waals surface area contributed by atoms with E-state index in [4.69, 9.17) is 16.3 Å². The number of hydrogen-bond acceptors (Lipinski definition) is 4. The standard InChI is InChI=1S/C14H16ClN3O/c1-4-16-14-17-8-10(3)13(18-14)19-12-7-11(15)6-5-9(12)2/h5-8H,4H2,1-3H3,(H,16,17,18). The first-order valence-electron chi connectivity index (χ1n) is 6.11. The molecule has 0 fully saturated rings. The third-order valence-corrected chi connectivity index (χ3v) is 2.85. The number of halogens is 1. The fourth-order valence-corrected chi connectivity index (χ4v) is 1.72. The Bertz CT molecular complexity index is 587. The maximum atomic E-state index is 5.98. The second kappa shape index (κ2) is 5.89. The Balaban J connectivity index is 2.31. The zero-order valence-electron chi connectivity index (χ0n) is 11.2. The molecule has 4 nitrogen and oxygen atoms in total. The highest BCUT2D eigenvalue weighted by atomic mass is 35.5. The van der Waals surface area contributed by atoms with Gasteiger partial charge in [-0.3, -0.25) is 0 Å². The van der Waals surface area contributed by atoms with E-state index in [1.54, 1.807) is 12.3 Å². The van der Waals surface area contributed by atoms with Crippen molar-refractivity contribution in [1.82, 2.24) is 9.97 Å². The quantitative estimate of drug-likeness (QED) is 0.918. The van der Waals surface area contributed by atoms with Crippen LogP contribution in [-0.4, -0.2) is 16.5 Å². The second-order valence-electron chi connectivity index (χ2n) is 4.22. The summed E-state index contributed by atoms with van der Waals surface area (Å²) in [5, 5.41) is 3.70. The Kier molecular flexibility index (Phi) is 4.22. The number of nitrogens with zero attached hydrogens (tertiary/aromatic N) is 2. The van der Waals surface area contributed by atoms with Crippen molar-refractivity contribution < 1.29 is 4.74 Å². The highest BCUT2D eigenvalue weighted by Crippen LogP contribution is 2.28. The van der Waals surface area contributed by atoms with Crippen molar-refractivity contribution in [1.29, 1.82) is 0 Å². The Morgan fingerprint density at radius 2 is 2.05 bits per heavy atom. The molecule has 0 atom stereocenters. The summed E-state index contributed by atoms with van der Waals surface area (Å²) in [6.45, 7) is 6.63. The van der Waals surface area contributed by atoms with Gasteiger partial charge in [0, 0.05) is 23.3 Å². The van der Waals surface area contributed by atoms with E-state index in [9.17, 15) is 0 Å². The molecule has 1 N–H and O–H groups in total. The molecule has 2 aromatic rings. The Hall–Kier alpha value is -1.81. The smallest absolute Gasteiger partial charge is 0.226 e. The second-order valence-corrected chi connectivity index (χ2v) is 4.66. The van der Waals surface area contributed by atoms with Crippen molar-refractivity contribution in [3.8, 4) is 11.6 Å². The minimum atomic E-state index is 0.538. The van der Waals surface area contributed by atoms with Crippen molar-refractivity contribution in [2.75, 3.05) is 11.9 Å². The highest BCUT2D eigenvalue weighted by Gasteiger charge is 2.08. The van der Waals surface area contributed by atoms with E-state index in [2.05, 4.69) is 15.3 Å². The summed E-state index contributed by atoms with van der Waals surface area (Å²) in [6.07, 6.45) is 1.74. The van der Waals surface area contributed by atoms with Gasteiger partial charge in [-0.1, -0.05) is 17.7 Å². The minimum absolute atomic E-state index is 0.538. The first-order valence-corrected chi connectivity index (χ1v) is 6.49. The molecule has 0 amide bonds. The topological polar surface area (TPSA) is 47.0 Å². The molecule has 0 saturated carbocycles. The molecule has 0 aliphatic heterocycles. The van der Waals surface area contributed by atoms with E-state index < -0.39 is 0 Å². The maximum Gasteiger partial charge on any atom is 0.226 e. The fourth-order valence-electron chi connectivity index (χ4n) is 1.56. The number of ether oxygens (including phenoxy) is 1. The molecule has 0 bridgehead atoms. The molecule has 100 valence electrons. The molecule has 0 aliphatic carbocycles. The van der Waals surface area contributed by atoms with Crippen LogP contribution in [0.2, 0.25) is 5.02 Å². The van der Waals surface area contributed by atoms with Crippen molar-refractivity contribution in [2.45, 2.75) is 20.8 Å². The van der Waals surface area contributed by atoms with Gasteiger partial charge in [-0.15, -0.1) is 0 Å². The molecule has 0 aliphatic rings. The summed E-state index contributed by atoms with van der Waals surface area (Å²) in [6, 6.07) is 5.53. The van der Waals surface area contributed by atoms with Crippen LogP contribution in [0.4, 0.5) is 5.95 Å². The molecule has 0 spiro atoms. The van der Waals surface area contributed by atoms with Gasteiger partial charge in [0.1, 0.15) is 5.75 Å². The Morgan fingerprint density at radius 3 is 2.79 bits per heavy atom. The highest BCUT2D eigenvalue weighted by molar-refractivity contribution is 6.30. The lowest BCUT2D eigenvalue weighted by Crippen LogP contribution is -2.04. The number of aryl methyl sites for hydroxylation is 2. The summed E-state index contributed by atoms with van der Waals surface area (Å²) >= 11 is 5.98. The number of nitrogens with one attached hydrogen (secondary N) is 1. The Morgan fingerprint density at radius 1 is 1.26 bits per heavy atom. The molecule has 0 unspecified atom stereocenters. The van der Waals surface area contributed by atoms with Crippen LogP contribution in [0.3, 0.4) is 0 Å². The van der Waals surface area contributed by atoms with Crippen LogP contribution in [0, 0.1) is 13.8 Å². The minimum Gasteiger partial charge on any atom is -0.438 e. The van der Waals surface area contributed by atoms with Gasteiger partial charge in [-0.2, -0.15) is 4.98 Å². The van der Waals surface area contributed by atoms with E-state index in [1.807, 2.05) is 32.9 Å². The van der Waals surface area contributed by atoms with Gasteiger partial charge >= 0.3 is 0 Å². The lowest BCUT2D eigenvalue weighted by molar-refractivity contribution is 0.455. The van der Waals surface area contributed by atoms with Crippen LogP contribution in [0.1, 0.15) is 18.1 Å². The first-order chi connectivity index (χ1) is 9.10. The number of aromatic nitrogens is 2. The van der Waals surface area contributed by atoms with Gasteiger partial charge in [-0.05, 0) is 38.5 Å². The van der Waals surface area contributed by atoms with Crippen LogP contribution >= 0.6 is 11.6 Å². The lowest BCUT2D eigenvalue weighted by atomic mass is 10.2. The van der Waals surface area contributed by atoms with Gasteiger partial charge < -0.3 is 10.1 Å². The van der Waals surface area contributed by atoms with Crippen molar-refractivity contribution in [3.63, 3.8) is 0 Å². The molecular formula is C14H16ClN3O. The molecule has 1 aromatic carbocycles. The summed E-state index contributed by atoms with van der Waals surface area (Å²) in [5.74, 6) is 1.80. The van der Waals surface area contributed by atoms with Gasteiger partial charge in [0.05, 0.1) is 0 Å². The summed E-state index contributed by atoms with van der Waals surface area (Å²) in [4.78, 5) is 8.52. The molecule has 0 saturated heterocycles. The number of rotatable bonds is 4. The maximum absolute atomic E-state index is 5.98. The van der Waals surface area contributed by atoms with Crippen LogP contribution in [0.5, 0.6) is 11.6 Å². The zero-order valence-corrected chi connectivity index (χ0v) is 12.0. The molecule has 19 heavy (non-hydrogen) atoms. The first kappa shape index (κ1) is 13.6. The zero-order chi connectivity index (χ0) is 13.8. The normalized spacial score (nSPS) is 10.3. The monoisotopic (exact) mass is 277 g/mol. The van der Waals surface area contributed by atoms with Crippen molar-refractivity contribution >= 4 is 17.5 Å². The average molecular weight is 278 g/mol. The van der Waals surface area contributed by atoms with Crippen LogP contribution in [0.25, 0.3) is 0 Å². The van der Waals surface area contributed by atoms with E-state index >= 15 is 0 Å². The van der Waals surface area contributed by atoms with Crippen molar-refractivity contribution in [2.24, 2.45) is 0 Å². The van der Waals surface area contributed by atoms with Gasteiger partial charge in [0.15, 0.2) is 0 Å². The average Bonchev–Trinajstić information content (AvgIpc) is 2.38. The third kappa shape index (κ3) is 3.35. The van der Waals surface area contributed by atoms with Gasteiger partial charge in [0.2, 0.25) is 11.8 Å². The van der Waals surface area contributed by atoms with Gasteiger partial charge in [0.25, 0.3) is 0 Å². The summed E-state index contributed by atoms with van der Waals surface area (Å²) < 4.78 is 5.83. The lowest BCUT2D eigenvalue weighted by Gasteiger charge is -2.11. The molecule has 1 heterocycles. The van der Waals surface area contributed by atoms with Gasteiger partial charge in [-0.25, -0.2) is 4.98 Å². The molecule has 5 heteroatoms. The number of hydrogen-bond donors (Lipinski definition) is 1. The third-order valence-electron chi connectivity index (χ3n) is 2.62. The number of benzene rings is 1. The predicted molar refractivity (Wildman–Crippen MR) is 77.2 cm³/mol. The van der Waals surface area contributed by atoms with E-state index in [0.717, 1.165) is 17.7 Å². The molecular weight excluding hydrogens is 262 g/mol. The van der Waals surface area contributed by atoms with E-state index in [-0.39, 0.29) is 0 Å². The van der Waals surface area contributed by atoms with Crippen molar-refractivity contribution in [3.05, 3.63) is 40.5 Å². The SMILES string of the molecule is CCNc1ncc(C)c(Oc2cc(Cl)ccc2C)n1. The van der Waals surface area contributed by atoms with E-state index in [1.165, 1.54) is 0 Å². The van der Waals surface area contributed by atoms with Crippen LogP contribution in [0.15, 0.2) is 24.4 Å². The van der Waals surface area contributed by atoms with Crippen LogP contribution in [-0.2, 0) is 0 Å². The fraction of sp³-hybridized carbons (Fsp3) is 0.286. The van der Waals surface area contributed by atoms with Crippen LogP contribution < -0.4 is 10.1 Å². The largest absolute Gasteiger partial charge is 0.438 e. The predicted octanol–water partition coefficient (Wildman–Crippen LogP) is 3.97. The number of anilines is 1. The molecule has 0 radical (unpaired) electrons. The Labute approximate surface area is 117 Å². The summed E-state index contributed by atoms with van der Waals surface area (Å²) in [5.41, 5.74) is 1.88. The summed E-state index contributed by atoms with van der Waals surface area (Å²) in [7, 11) is 0. The van der Waals surface area contributed by atoms with E-state index in [0.29, 0.717) is 22.6 Å².